The lowest BCUT2D eigenvalue weighted by molar-refractivity contribution is 1.16. The minimum atomic E-state index is 0.418. The van der Waals surface area contributed by atoms with Crippen molar-refractivity contribution in [2.45, 2.75) is 20.4 Å². The number of aromatic nitrogens is 1. The second kappa shape index (κ2) is 5.46. The van der Waals surface area contributed by atoms with Gasteiger partial charge in [-0.05, 0) is 25.5 Å². The van der Waals surface area contributed by atoms with Gasteiger partial charge in [-0.15, -0.1) is 11.3 Å². The van der Waals surface area contributed by atoms with Crippen LogP contribution < -0.4 is 11.1 Å². The van der Waals surface area contributed by atoms with E-state index in [0.29, 0.717) is 4.99 Å². The third kappa shape index (κ3) is 2.86. The molecule has 3 N–H and O–H groups in total. The molecule has 0 saturated heterocycles. The lowest BCUT2D eigenvalue weighted by Gasteiger charge is -2.13. The lowest BCUT2D eigenvalue weighted by atomic mass is 10.1. The smallest absolute Gasteiger partial charge is 0.106 e. The molecule has 94 valence electrons. The maximum Gasteiger partial charge on any atom is 0.106 e. The zero-order chi connectivity index (χ0) is 13.1. The van der Waals surface area contributed by atoms with Crippen LogP contribution in [-0.2, 0) is 6.54 Å². The largest absolute Gasteiger partial charge is 0.389 e. The summed E-state index contributed by atoms with van der Waals surface area (Å²) < 4.78 is 0. The van der Waals surface area contributed by atoms with E-state index in [1.54, 1.807) is 11.3 Å². The zero-order valence-corrected chi connectivity index (χ0v) is 12.0. The van der Waals surface area contributed by atoms with Crippen molar-refractivity contribution in [1.82, 2.24) is 4.98 Å². The third-order valence-corrected chi connectivity index (χ3v) is 3.78. The van der Waals surface area contributed by atoms with Crippen LogP contribution >= 0.6 is 23.6 Å². The number of nitrogens with two attached hydrogens (primary N) is 1. The molecule has 0 bridgehead atoms. The van der Waals surface area contributed by atoms with Crippen molar-refractivity contribution in [1.29, 1.82) is 0 Å². The molecule has 0 spiro atoms. The van der Waals surface area contributed by atoms with Gasteiger partial charge in [-0.1, -0.05) is 24.4 Å². The van der Waals surface area contributed by atoms with E-state index in [2.05, 4.69) is 10.3 Å². The first-order chi connectivity index (χ1) is 8.58. The van der Waals surface area contributed by atoms with Crippen LogP contribution in [0, 0.1) is 13.8 Å². The molecule has 0 atom stereocenters. The molecule has 2 aromatic rings. The molecule has 0 radical (unpaired) electrons. The number of hydrogen-bond donors (Lipinski definition) is 2. The van der Waals surface area contributed by atoms with Gasteiger partial charge in [0.15, 0.2) is 0 Å². The highest BCUT2D eigenvalue weighted by Crippen LogP contribution is 2.22. The fourth-order valence-electron chi connectivity index (χ4n) is 1.77. The number of hydrogen-bond acceptors (Lipinski definition) is 4. The highest BCUT2D eigenvalue weighted by Gasteiger charge is 2.08. The summed E-state index contributed by atoms with van der Waals surface area (Å²) in [7, 11) is 0. The molecular weight excluding hydrogens is 262 g/mol. The predicted octanol–water partition coefficient (Wildman–Crippen LogP) is 3.01. The van der Waals surface area contributed by atoms with Crippen molar-refractivity contribution < 1.29 is 0 Å². The van der Waals surface area contributed by atoms with Crippen LogP contribution in [-0.4, -0.2) is 9.97 Å². The average molecular weight is 277 g/mol. The van der Waals surface area contributed by atoms with E-state index in [4.69, 9.17) is 18.0 Å². The third-order valence-electron chi connectivity index (χ3n) is 2.65. The Hall–Kier alpha value is -1.46. The monoisotopic (exact) mass is 277 g/mol. The van der Waals surface area contributed by atoms with E-state index in [9.17, 15) is 0 Å². The van der Waals surface area contributed by atoms with Gasteiger partial charge in [0.2, 0.25) is 0 Å². The van der Waals surface area contributed by atoms with Gasteiger partial charge < -0.3 is 11.1 Å². The molecule has 0 unspecified atom stereocenters. The van der Waals surface area contributed by atoms with E-state index in [0.717, 1.165) is 28.4 Å². The topological polar surface area (TPSA) is 50.9 Å². The van der Waals surface area contributed by atoms with Crippen molar-refractivity contribution >= 4 is 34.2 Å². The van der Waals surface area contributed by atoms with Gasteiger partial charge in [0.05, 0.1) is 11.6 Å². The average Bonchev–Trinajstić information content (AvgIpc) is 2.73. The van der Waals surface area contributed by atoms with Crippen LogP contribution in [0.4, 0.5) is 5.69 Å². The van der Waals surface area contributed by atoms with E-state index in [1.165, 1.54) is 4.88 Å². The number of nitrogens with zero attached hydrogens (tertiary/aromatic N) is 1. The quantitative estimate of drug-likeness (QED) is 0.844. The Bertz CT molecular complexity index is 575. The Balaban J connectivity index is 2.20. The molecule has 0 aliphatic heterocycles. The van der Waals surface area contributed by atoms with Crippen molar-refractivity contribution in [3.05, 3.63) is 45.4 Å². The minimum Gasteiger partial charge on any atom is -0.389 e. The van der Waals surface area contributed by atoms with Crippen LogP contribution in [0.15, 0.2) is 24.4 Å². The predicted molar refractivity (Wildman–Crippen MR) is 81.2 cm³/mol. The summed E-state index contributed by atoms with van der Waals surface area (Å²) in [4.78, 5) is 5.85. The van der Waals surface area contributed by atoms with Gasteiger partial charge in [0.25, 0.3) is 0 Å². The first kappa shape index (κ1) is 13.0. The summed E-state index contributed by atoms with van der Waals surface area (Å²) in [5.41, 5.74) is 8.78. The van der Waals surface area contributed by atoms with Crippen LogP contribution in [0.25, 0.3) is 0 Å². The van der Waals surface area contributed by atoms with Gasteiger partial charge in [-0.3, -0.25) is 0 Å². The fourth-order valence-corrected chi connectivity index (χ4v) is 2.67. The van der Waals surface area contributed by atoms with Gasteiger partial charge in [0.1, 0.15) is 4.99 Å². The summed E-state index contributed by atoms with van der Waals surface area (Å²) in [6.07, 6.45) is 1.89. The van der Waals surface area contributed by atoms with E-state index >= 15 is 0 Å². The Kier molecular flexibility index (Phi) is 3.93. The molecule has 5 heteroatoms. The molecule has 18 heavy (non-hydrogen) atoms. The zero-order valence-electron chi connectivity index (χ0n) is 10.4. The summed E-state index contributed by atoms with van der Waals surface area (Å²) >= 11 is 6.76. The van der Waals surface area contributed by atoms with Crippen molar-refractivity contribution in [2.75, 3.05) is 5.32 Å². The molecule has 0 aliphatic rings. The lowest BCUT2D eigenvalue weighted by Crippen LogP contribution is -2.13. The van der Waals surface area contributed by atoms with E-state index < -0.39 is 0 Å². The number of rotatable bonds is 4. The molecule has 0 saturated carbocycles. The van der Waals surface area contributed by atoms with Gasteiger partial charge in [-0.25, -0.2) is 4.98 Å². The first-order valence-corrected chi connectivity index (χ1v) is 6.85. The standard InChI is InChI=1S/C13H15N3S2/c1-8-4-3-5-11(13(14)17)12(8)16-7-10-6-15-9(2)18-10/h3-6,16H,7H2,1-2H3,(H2,14,17). The van der Waals surface area contributed by atoms with Gasteiger partial charge in [-0.2, -0.15) is 0 Å². The molecule has 3 nitrogen and oxygen atoms in total. The number of para-hydroxylation sites is 1. The van der Waals surface area contributed by atoms with E-state index in [-0.39, 0.29) is 0 Å². The molecule has 1 heterocycles. The summed E-state index contributed by atoms with van der Waals surface area (Å²) in [6, 6.07) is 5.95. The molecular formula is C13H15N3S2. The van der Waals surface area contributed by atoms with Crippen LogP contribution in [0.1, 0.15) is 21.0 Å². The minimum absolute atomic E-state index is 0.418. The number of nitrogens with one attached hydrogen (secondary N) is 1. The van der Waals surface area contributed by atoms with Crippen LogP contribution in [0.3, 0.4) is 0 Å². The Morgan fingerprint density at radius 2 is 2.22 bits per heavy atom. The van der Waals surface area contributed by atoms with Crippen molar-refractivity contribution in [3.63, 3.8) is 0 Å². The van der Waals surface area contributed by atoms with Crippen LogP contribution in [0.2, 0.25) is 0 Å². The molecule has 0 aliphatic carbocycles. The summed E-state index contributed by atoms with van der Waals surface area (Å²) in [6.45, 7) is 4.79. The number of anilines is 1. The molecule has 2 rings (SSSR count). The van der Waals surface area contributed by atoms with Gasteiger partial charge >= 0.3 is 0 Å². The van der Waals surface area contributed by atoms with Crippen molar-refractivity contribution in [3.8, 4) is 0 Å². The van der Waals surface area contributed by atoms with Crippen molar-refractivity contribution in [2.24, 2.45) is 5.73 Å². The molecule has 1 aromatic heterocycles. The first-order valence-electron chi connectivity index (χ1n) is 5.62. The number of benzene rings is 1. The van der Waals surface area contributed by atoms with Gasteiger partial charge in [0, 0.05) is 22.3 Å². The highest BCUT2D eigenvalue weighted by molar-refractivity contribution is 7.80. The van der Waals surface area contributed by atoms with E-state index in [1.807, 2.05) is 38.2 Å². The number of thiazole rings is 1. The Morgan fingerprint density at radius 3 is 2.83 bits per heavy atom. The SMILES string of the molecule is Cc1ncc(CNc2c(C)cccc2C(N)=S)s1. The number of aryl methyl sites for hydroxylation is 2. The summed E-state index contributed by atoms with van der Waals surface area (Å²) in [5, 5.41) is 4.47. The molecule has 1 aromatic carbocycles. The number of thiocarbonyl (C=S) groups is 1. The second-order valence-electron chi connectivity index (χ2n) is 4.06. The maximum atomic E-state index is 5.74. The normalized spacial score (nSPS) is 10.3. The fraction of sp³-hybridized carbons (Fsp3) is 0.231. The Morgan fingerprint density at radius 1 is 1.44 bits per heavy atom. The second-order valence-corrected chi connectivity index (χ2v) is 5.82. The molecule has 0 amide bonds. The molecule has 0 fully saturated rings. The Labute approximate surface area is 116 Å². The highest BCUT2D eigenvalue weighted by atomic mass is 32.1. The summed E-state index contributed by atoms with van der Waals surface area (Å²) in [5.74, 6) is 0. The maximum absolute atomic E-state index is 5.74. The van der Waals surface area contributed by atoms with Crippen LogP contribution in [0.5, 0.6) is 0 Å².